The van der Waals surface area contributed by atoms with Gasteiger partial charge in [-0.2, -0.15) is 17.9 Å². The number of carbonyl (C=O) groups is 2. The number of nitrogens with zero attached hydrogens (tertiary/aromatic N) is 5. The maximum absolute atomic E-state index is 13.1. The van der Waals surface area contributed by atoms with Gasteiger partial charge in [-0.05, 0) is 58.7 Å². The maximum Gasteiger partial charge on any atom is 0.471 e. The SMILES string of the molecule is O=C(Nc1cccc([C@@H]2O[C@H](CSc3nnnn3-c3ccccc3)C[C@H](c3ccc(CO)cc3)O2)c1)[C@@H]1CCCN1C(=O)C(F)(F)F. The van der Waals surface area contributed by atoms with Crippen LogP contribution in [0.15, 0.2) is 84.0 Å². The molecule has 246 valence electrons. The number of para-hydroxylation sites is 1. The van der Waals surface area contributed by atoms with Crippen LogP contribution in [-0.4, -0.2) is 72.6 Å². The molecule has 3 aromatic carbocycles. The molecule has 0 spiro atoms. The average molecular weight is 669 g/mol. The Balaban J connectivity index is 1.19. The average Bonchev–Trinajstić information content (AvgIpc) is 3.77. The van der Waals surface area contributed by atoms with Gasteiger partial charge >= 0.3 is 12.1 Å². The Kier molecular flexibility index (Phi) is 9.87. The van der Waals surface area contributed by atoms with Gasteiger partial charge in [0.1, 0.15) is 6.04 Å². The van der Waals surface area contributed by atoms with E-state index in [2.05, 4.69) is 20.8 Å². The Labute approximate surface area is 272 Å². The summed E-state index contributed by atoms with van der Waals surface area (Å²) in [5, 5.41) is 24.9. The topological polar surface area (TPSA) is 132 Å². The molecule has 0 aliphatic carbocycles. The van der Waals surface area contributed by atoms with Gasteiger partial charge in [0.05, 0.1) is 24.5 Å². The number of carbonyl (C=O) groups excluding carboxylic acids is 2. The molecule has 0 radical (unpaired) electrons. The van der Waals surface area contributed by atoms with Gasteiger partial charge in [-0.3, -0.25) is 9.59 Å². The lowest BCUT2D eigenvalue weighted by molar-refractivity contribution is -0.245. The number of aromatic nitrogens is 4. The lowest BCUT2D eigenvalue weighted by Gasteiger charge is -2.36. The van der Waals surface area contributed by atoms with E-state index in [4.69, 9.17) is 9.47 Å². The van der Waals surface area contributed by atoms with Crippen molar-refractivity contribution in [3.05, 3.63) is 95.6 Å². The maximum atomic E-state index is 13.1. The van der Waals surface area contributed by atoms with Crippen LogP contribution in [0.1, 0.15) is 48.3 Å². The number of aliphatic hydroxyl groups is 1. The molecular weight excluding hydrogens is 637 g/mol. The number of thioether (sulfide) groups is 1. The summed E-state index contributed by atoms with van der Waals surface area (Å²) < 4.78 is 53.8. The summed E-state index contributed by atoms with van der Waals surface area (Å²) in [7, 11) is 0. The molecule has 2 aliphatic rings. The number of ether oxygens (including phenoxy) is 2. The number of hydrogen-bond acceptors (Lipinski definition) is 9. The predicted octanol–water partition coefficient (Wildman–Crippen LogP) is 4.98. The lowest BCUT2D eigenvalue weighted by Crippen LogP contribution is -2.48. The summed E-state index contributed by atoms with van der Waals surface area (Å²) >= 11 is 1.43. The van der Waals surface area contributed by atoms with E-state index in [9.17, 15) is 27.9 Å². The van der Waals surface area contributed by atoms with Gasteiger partial charge in [0.15, 0.2) is 6.29 Å². The first kappa shape index (κ1) is 32.6. The van der Waals surface area contributed by atoms with Gasteiger partial charge < -0.3 is 24.8 Å². The molecular formula is C32H31F3N6O5S. The summed E-state index contributed by atoms with van der Waals surface area (Å²) in [5.74, 6) is -2.23. The van der Waals surface area contributed by atoms with Crippen LogP contribution in [0, 0.1) is 0 Å². The molecule has 6 rings (SSSR count). The monoisotopic (exact) mass is 668 g/mol. The number of hydrogen-bond donors (Lipinski definition) is 2. The van der Waals surface area contributed by atoms with Crippen molar-refractivity contribution in [1.82, 2.24) is 25.1 Å². The van der Waals surface area contributed by atoms with Gasteiger partial charge in [0.2, 0.25) is 11.1 Å². The minimum Gasteiger partial charge on any atom is -0.392 e. The number of rotatable bonds is 9. The molecule has 1 aromatic heterocycles. The second-order valence-corrected chi connectivity index (χ2v) is 12.1. The van der Waals surface area contributed by atoms with Crippen LogP contribution in [0.25, 0.3) is 5.69 Å². The molecule has 47 heavy (non-hydrogen) atoms. The van der Waals surface area contributed by atoms with Crippen LogP contribution < -0.4 is 5.32 Å². The van der Waals surface area contributed by atoms with Crippen LogP contribution in [0.4, 0.5) is 18.9 Å². The Hall–Kier alpha value is -4.31. The number of tetrazole rings is 1. The third-order valence-corrected chi connectivity index (χ3v) is 8.99. The van der Waals surface area contributed by atoms with Crippen molar-refractivity contribution in [1.29, 1.82) is 0 Å². The van der Waals surface area contributed by atoms with E-state index in [1.807, 2.05) is 54.6 Å². The summed E-state index contributed by atoms with van der Waals surface area (Å²) in [5.41, 5.74) is 3.37. The van der Waals surface area contributed by atoms with Crippen LogP contribution in [0.5, 0.6) is 0 Å². The van der Waals surface area contributed by atoms with Crippen LogP contribution >= 0.6 is 11.8 Å². The number of likely N-dealkylation sites (tertiary alicyclic amines) is 1. The van der Waals surface area contributed by atoms with E-state index in [1.165, 1.54) is 11.8 Å². The Bertz CT molecular complexity index is 1690. The molecule has 4 atom stereocenters. The molecule has 2 saturated heterocycles. The number of nitrogens with one attached hydrogen (secondary N) is 1. The fourth-order valence-electron chi connectivity index (χ4n) is 5.62. The zero-order valence-electron chi connectivity index (χ0n) is 24.9. The number of aliphatic hydroxyl groups excluding tert-OH is 1. The third kappa shape index (κ3) is 7.64. The summed E-state index contributed by atoms with van der Waals surface area (Å²) in [4.78, 5) is 25.5. The summed E-state index contributed by atoms with van der Waals surface area (Å²) in [6.45, 7) is -0.230. The summed E-state index contributed by atoms with van der Waals surface area (Å²) in [6, 6.07) is 22.4. The fraction of sp³-hybridized carbons (Fsp3) is 0.344. The highest BCUT2D eigenvalue weighted by molar-refractivity contribution is 7.99. The molecule has 11 nitrogen and oxygen atoms in total. The first-order valence-corrected chi connectivity index (χ1v) is 15.9. The third-order valence-electron chi connectivity index (χ3n) is 7.94. The van der Waals surface area contributed by atoms with E-state index >= 15 is 0 Å². The van der Waals surface area contributed by atoms with Crippen molar-refractivity contribution in [2.24, 2.45) is 0 Å². The molecule has 15 heteroatoms. The van der Waals surface area contributed by atoms with Crippen LogP contribution in [0.3, 0.4) is 0 Å². The minimum atomic E-state index is -5.06. The second-order valence-electron chi connectivity index (χ2n) is 11.1. The Morgan fingerprint density at radius 1 is 1.00 bits per heavy atom. The van der Waals surface area contributed by atoms with Crippen molar-refractivity contribution in [2.75, 3.05) is 17.6 Å². The van der Waals surface area contributed by atoms with Crippen molar-refractivity contribution < 1.29 is 37.3 Å². The summed E-state index contributed by atoms with van der Waals surface area (Å²) in [6.07, 6.45) is -5.68. The molecule has 0 unspecified atom stereocenters. The first-order valence-electron chi connectivity index (χ1n) is 15.0. The molecule has 3 heterocycles. The van der Waals surface area contributed by atoms with Crippen molar-refractivity contribution >= 4 is 29.3 Å². The quantitative estimate of drug-likeness (QED) is 0.237. The fourth-order valence-corrected chi connectivity index (χ4v) is 6.53. The van der Waals surface area contributed by atoms with Gasteiger partial charge in [-0.1, -0.05) is 66.4 Å². The van der Waals surface area contributed by atoms with E-state index in [1.54, 1.807) is 28.9 Å². The number of amides is 2. The molecule has 2 amide bonds. The van der Waals surface area contributed by atoms with Gasteiger partial charge in [0, 0.05) is 30.0 Å². The van der Waals surface area contributed by atoms with E-state index in [0.717, 1.165) is 16.8 Å². The van der Waals surface area contributed by atoms with E-state index < -0.39 is 30.3 Å². The number of anilines is 1. The van der Waals surface area contributed by atoms with E-state index in [-0.39, 0.29) is 31.8 Å². The molecule has 2 aliphatic heterocycles. The largest absolute Gasteiger partial charge is 0.471 e. The molecule has 0 bridgehead atoms. The number of alkyl halides is 3. The van der Waals surface area contributed by atoms with Crippen LogP contribution in [-0.2, 0) is 25.7 Å². The lowest BCUT2D eigenvalue weighted by atomic mass is 10.0. The molecule has 0 saturated carbocycles. The molecule has 2 fully saturated rings. The molecule has 2 N–H and O–H groups in total. The first-order chi connectivity index (χ1) is 22.7. The highest BCUT2D eigenvalue weighted by atomic mass is 32.2. The number of halogens is 3. The highest BCUT2D eigenvalue weighted by Gasteiger charge is 2.47. The highest BCUT2D eigenvalue weighted by Crippen LogP contribution is 2.40. The second kappa shape index (κ2) is 14.2. The van der Waals surface area contributed by atoms with Crippen molar-refractivity contribution in [2.45, 2.75) is 61.7 Å². The predicted molar refractivity (Wildman–Crippen MR) is 164 cm³/mol. The van der Waals surface area contributed by atoms with Gasteiger partial charge in [-0.15, -0.1) is 5.10 Å². The zero-order valence-corrected chi connectivity index (χ0v) is 25.7. The van der Waals surface area contributed by atoms with Crippen LogP contribution in [0.2, 0.25) is 0 Å². The molecule has 4 aromatic rings. The Morgan fingerprint density at radius 2 is 1.79 bits per heavy atom. The van der Waals surface area contributed by atoms with Gasteiger partial charge in [-0.25, -0.2) is 0 Å². The van der Waals surface area contributed by atoms with Gasteiger partial charge in [0.25, 0.3) is 0 Å². The standard InChI is InChI=1S/C32H31F3N6O5S/c33-32(34,35)30(44)40-15-5-10-26(40)28(43)36-23-7-4-6-22(16-23)29-45-25(17-27(46-29)21-13-11-20(18-42)12-14-21)19-47-31-37-38-39-41(31)24-8-2-1-3-9-24/h1-4,6-9,11-14,16,25-27,29,42H,5,10,15,17-19H2,(H,36,43)/t25-,26-,27+,29+/m0/s1. The van der Waals surface area contributed by atoms with Crippen molar-refractivity contribution in [3.63, 3.8) is 0 Å². The smallest absolute Gasteiger partial charge is 0.392 e. The van der Waals surface area contributed by atoms with Crippen molar-refractivity contribution in [3.8, 4) is 5.69 Å². The normalized spacial score (nSPS) is 21.5. The minimum absolute atomic E-state index is 0.0889. The zero-order chi connectivity index (χ0) is 33.0. The Morgan fingerprint density at radius 3 is 2.53 bits per heavy atom. The number of benzene rings is 3. The van der Waals surface area contributed by atoms with E-state index in [0.29, 0.717) is 39.9 Å².